The van der Waals surface area contributed by atoms with E-state index in [-0.39, 0.29) is 0 Å². The van der Waals surface area contributed by atoms with Crippen molar-refractivity contribution in [2.75, 3.05) is 0 Å². The number of H-pyrrole nitrogens is 1. The second-order valence-corrected chi connectivity index (χ2v) is 4.17. The number of rotatable bonds is 2. The van der Waals surface area contributed by atoms with Gasteiger partial charge < -0.3 is 9.40 Å². The number of imidazole rings is 1. The highest BCUT2D eigenvalue weighted by atomic mass is 35.5. The lowest BCUT2D eigenvalue weighted by Gasteiger charge is -1.88. The van der Waals surface area contributed by atoms with E-state index in [1.807, 2.05) is 18.2 Å². The normalized spacial score (nSPS) is 11.2. The quantitative estimate of drug-likeness (QED) is 0.757. The molecule has 3 aromatic rings. The van der Waals surface area contributed by atoms with Gasteiger partial charge in [-0.25, -0.2) is 4.98 Å². The SMILES string of the molecule is Cc1nnc(Cc2nc3ccc(Cl)cc3[nH]2)o1. The van der Waals surface area contributed by atoms with Crippen molar-refractivity contribution >= 4 is 22.6 Å². The van der Waals surface area contributed by atoms with Crippen molar-refractivity contribution in [3.8, 4) is 0 Å². The van der Waals surface area contributed by atoms with Crippen LogP contribution in [0, 0.1) is 6.92 Å². The van der Waals surface area contributed by atoms with E-state index in [1.54, 1.807) is 6.92 Å². The van der Waals surface area contributed by atoms with Crippen LogP contribution in [0.4, 0.5) is 0 Å². The Labute approximate surface area is 102 Å². The molecule has 0 spiro atoms. The van der Waals surface area contributed by atoms with Gasteiger partial charge in [0.05, 0.1) is 17.5 Å². The molecule has 2 heterocycles. The van der Waals surface area contributed by atoms with Crippen LogP contribution >= 0.6 is 11.6 Å². The molecule has 0 saturated carbocycles. The number of aryl methyl sites for hydroxylation is 1. The number of halogens is 1. The van der Waals surface area contributed by atoms with E-state index in [9.17, 15) is 0 Å². The Bertz CT molecular complexity index is 673. The van der Waals surface area contributed by atoms with Crippen molar-refractivity contribution in [3.05, 3.63) is 40.8 Å². The lowest BCUT2D eigenvalue weighted by Crippen LogP contribution is -1.90. The maximum Gasteiger partial charge on any atom is 0.224 e. The molecule has 1 N–H and O–H groups in total. The monoisotopic (exact) mass is 248 g/mol. The molecule has 0 fully saturated rings. The van der Waals surface area contributed by atoms with Crippen LogP contribution in [0.2, 0.25) is 5.02 Å². The topological polar surface area (TPSA) is 67.6 Å². The van der Waals surface area contributed by atoms with E-state index in [0.717, 1.165) is 16.9 Å². The van der Waals surface area contributed by atoms with Crippen LogP contribution in [0.3, 0.4) is 0 Å². The molecule has 3 rings (SSSR count). The molecule has 0 amide bonds. The summed E-state index contributed by atoms with van der Waals surface area (Å²) < 4.78 is 5.30. The van der Waals surface area contributed by atoms with Crippen LogP contribution in [-0.2, 0) is 6.42 Å². The largest absolute Gasteiger partial charge is 0.425 e. The van der Waals surface area contributed by atoms with Gasteiger partial charge in [-0.2, -0.15) is 0 Å². The fourth-order valence-electron chi connectivity index (χ4n) is 1.67. The van der Waals surface area contributed by atoms with Crippen LogP contribution in [0.15, 0.2) is 22.6 Å². The molecule has 0 radical (unpaired) electrons. The third kappa shape index (κ3) is 2.01. The predicted octanol–water partition coefficient (Wildman–Crippen LogP) is 2.50. The van der Waals surface area contributed by atoms with Gasteiger partial charge in [0, 0.05) is 11.9 Å². The molecule has 17 heavy (non-hydrogen) atoms. The molecular formula is C11H9ClN4O. The zero-order valence-corrected chi connectivity index (χ0v) is 9.82. The molecule has 0 saturated heterocycles. The van der Waals surface area contributed by atoms with E-state index in [4.69, 9.17) is 16.0 Å². The number of benzene rings is 1. The molecule has 2 aromatic heterocycles. The maximum atomic E-state index is 5.90. The molecule has 0 atom stereocenters. The number of aromatic amines is 1. The minimum atomic E-state index is 0.493. The average Bonchev–Trinajstić information content (AvgIpc) is 2.84. The third-order valence-electron chi connectivity index (χ3n) is 2.38. The van der Waals surface area contributed by atoms with E-state index in [0.29, 0.717) is 23.2 Å². The summed E-state index contributed by atoms with van der Waals surface area (Å²) in [6.45, 7) is 1.76. The highest BCUT2D eigenvalue weighted by Gasteiger charge is 2.08. The molecule has 0 unspecified atom stereocenters. The summed E-state index contributed by atoms with van der Waals surface area (Å²) in [6, 6.07) is 5.52. The fraction of sp³-hybridized carbons (Fsp3) is 0.182. The van der Waals surface area contributed by atoms with Gasteiger partial charge in [0.1, 0.15) is 5.82 Å². The number of fused-ring (bicyclic) bond motifs is 1. The summed E-state index contributed by atoms with van der Waals surface area (Å²) in [6.07, 6.45) is 0.493. The van der Waals surface area contributed by atoms with Gasteiger partial charge >= 0.3 is 0 Å². The maximum absolute atomic E-state index is 5.90. The summed E-state index contributed by atoms with van der Waals surface area (Å²) in [5.41, 5.74) is 1.78. The van der Waals surface area contributed by atoms with Crippen molar-refractivity contribution in [1.82, 2.24) is 20.2 Å². The average molecular weight is 249 g/mol. The minimum absolute atomic E-state index is 0.493. The molecule has 5 nitrogen and oxygen atoms in total. The van der Waals surface area contributed by atoms with Crippen LogP contribution in [-0.4, -0.2) is 20.2 Å². The van der Waals surface area contributed by atoms with Gasteiger partial charge in [0.15, 0.2) is 0 Å². The Morgan fingerprint density at radius 1 is 1.35 bits per heavy atom. The van der Waals surface area contributed by atoms with Crippen molar-refractivity contribution in [3.63, 3.8) is 0 Å². The highest BCUT2D eigenvalue weighted by Crippen LogP contribution is 2.18. The summed E-state index contributed by atoms with van der Waals surface area (Å²) >= 11 is 5.90. The van der Waals surface area contributed by atoms with Crippen LogP contribution in [0.25, 0.3) is 11.0 Å². The summed E-state index contributed by atoms with van der Waals surface area (Å²) in [4.78, 5) is 7.59. The first-order chi connectivity index (χ1) is 8.20. The Kier molecular flexibility index (Phi) is 2.33. The smallest absolute Gasteiger partial charge is 0.224 e. The second kappa shape index (κ2) is 3.85. The first-order valence-corrected chi connectivity index (χ1v) is 5.51. The molecule has 0 aliphatic carbocycles. The number of nitrogens with one attached hydrogen (secondary N) is 1. The molecular weight excluding hydrogens is 240 g/mol. The third-order valence-corrected chi connectivity index (χ3v) is 2.61. The van der Waals surface area contributed by atoms with Crippen LogP contribution in [0.5, 0.6) is 0 Å². The van der Waals surface area contributed by atoms with Gasteiger partial charge in [-0.05, 0) is 18.2 Å². The van der Waals surface area contributed by atoms with Crippen LogP contribution < -0.4 is 0 Å². The molecule has 86 valence electrons. The fourth-order valence-corrected chi connectivity index (χ4v) is 1.84. The van der Waals surface area contributed by atoms with Gasteiger partial charge in [0.25, 0.3) is 0 Å². The number of hydrogen-bond donors (Lipinski definition) is 1. The Hall–Kier alpha value is -1.88. The van der Waals surface area contributed by atoms with E-state index in [2.05, 4.69) is 20.2 Å². The summed E-state index contributed by atoms with van der Waals surface area (Å²) in [7, 11) is 0. The highest BCUT2D eigenvalue weighted by molar-refractivity contribution is 6.31. The Morgan fingerprint density at radius 2 is 2.24 bits per heavy atom. The molecule has 6 heteroatoms. The number of aromatic nitrogens is 4. The second-order valence-electron chi connectivity index (χ2n) is 3.74. The molecule has 1 aromatic carbocycles. The zero-order chi connectivity index (χ0) is 11.8. The van der Waals surface area contributed by atoms with E-state index >= 15 is 0 Å². The summed E-state index contributed by atoms with van der Waals surface area (Å²) in [5, 5.41) is 8.38. The standard InChI is InChI=1S/C11H9ClN4O/c1-6-15-16-11(17-6)5-10-13-8-3-2-7(12)4-9(8)14-10/h2-4H,5H2,1H3,(H,13,14). The summed E-state index contributed by atoms with van der Waals surface area (Å²) in [5.74, 6) is 1.89. The molecule has 0 aliphatic rings. The number of hydrogen-bond acceptors (Lipinski definition) is 4. The molecule has 0 bridgehead atoms. The Balaban J connectivity index is 1.95. The lowest BCUT2D eigenvalue weighted by atomic mass is 10.3. The van der Waals surface area contributed by atoms with Gasteiger partial charge in [0.2, 0.25) is 11.8 Å². The Morgan fingerprint density at radius 3 is 3.00 bits per heavy atom. The first-order valence-electron chi connectivity index (χ1n) is 5.14. The zero-order valence-electron chi connectivity index (χ0n) is 9.07. The van der Waals surface area contributed by atoms with E-state index in [1.165, 1.54) is 0 Å². The van der Waals surface area contributed by atoms with Gasteiger partial charge in [-0.15, -0.1) is 10.2 Å². The molecule has 0 aliphatic heterocycles. The lowest BCUT2D eigenvalue weighted by molar-refractivity contribution is 0.475. The van der Waals surface area contributed by atoms with Gasteiger partial charge in [-0.3, -0.25) is 0 Å². The van der Waals surface area contributed by atoms with E-state index < -0.39 is 0 Å². The first kappa shape index (κ1) is 10.3. The number of nitrogens with zero attached hydrogens (tertiary/aromatic N) is 3. The van der Waals surface area contributed by atoms with Crippen LogP contribution in [0.1, 0.15) is 17.6 Å². The van der Waals surface area contributed by atoms with Crippen molar-refractivity contribution in [2.45, 2.75) is 13.3 Å². The van der Waals surface area contributed by atoms with Crippen molar-refractivity contribution in [2.24, 2.45) is 0 Å². The minimum Gasteiger partial charge on any atom is -0.425 e. The van der Waals surface area contributed by atoms with Crippen molar-refractivity contribution in [1.29, 1.82) is 0 Å². The van der Waals surface area contributed by atoms with Gasteiger partial charge in [-0.1, -0.05) is 11.6 Å². The van der Waals surface area contributed by atoms with Crippen molar-refractivity contribution < 1.29 is 4.42 Å². The predicted molar refractivity (Wildman–Crippen MR) is 62.9 cm³/mol.